The van der Waals surface area contributed by atoms with Crippen molar-refractivity contribution in [2.24, 2.45) is 0 Å². The Morgan fingerprint density at radius 2 is 1.91 bits per heavy atom. The van der Waals surface area contributed by atoms with E-state index in [4.69, 9.17) is 4.42 Å². The van der Waals surface area contributed by atoms with Crippen LogP contribution in [0.3, 0.4) is 0 Å². The highest BCUT2D eigenvalue weighted by Crippen LogP contribution is 2.29. The van der Waals surface area contributed by atoms with Gasteiger partial charge < -0.3 is 9.73 Å². The van der Waals surface area contributed by atoms with Gasteiger partial charge in [0.05, 0.1) is 24.1 Å². The van der Waals surface area contributed by atoms with Gasteiger partial charge in [-0.3, -0.25) is 9.36 Å². The maximum atomic E-state index is 13.2. The summed E-state index contributed by atoms with van der Waals surface area (Å²) in [6, 6.07) is 17.7. The van der Waals surface area contributed by atoms with Gasteiger partial charge in [-0.15, -0.1) is 10.2 Å². The third-order valence-electron chi connectivity index (χ3n) is 5.27. The second-order valence-electron chi connectivity index (χ2n) is 7.88. The van der Waals surface area contributed by atoms with Gasteiger partial charge in [0.15, 0.2) is 11.0 Å². The third kappa shape index (κ3) is 5.51. The lowest BCUT2D eigenvalue weighted by molar-refractivity contribution is -0.120. The summed E-state index contributed by atoms with van der Waals surface area (Å²) >= 11 is 1.34. The Bertz CT molecular complexity index is 1220. The largest absolute Gasteiger partial charge is 0.467 e. The smallest absolute Gasteiger partial charge is 0.233 e. The molecule has 0 saturated carbocycles. The first-order valence-electron chi connectivity index (χ1n) is 10.7. The highest BCUT2D eigenvalue weighted by Gasteiger charge is 2.23. The normalized spacial score (nSPS) is 13.0. The van der Waals surface area contributed by atoms with Crippen molar-refractivity contribution >= 4 is 17.7 Å². The summed E-state index contributed by atoms with van der Waals surface area (Å²) < 4.78 is 20.7. The number of amides is 1. The minimum absolute atomic E-state index is 0.138. The fourth-order valence-corrected chi connectivity index (χ4v) is 4.31. The Morgan fingerprint density at radius 1 is 1.12 bits per heavy atom. The lowest BCUT2D eigenvalue weighted by atomic mass is 10.1. The fourth-order valence-electron chi connectivity index (χ4n) is 3.45. The molecule has 0 aliphatic heterocycles. The molecule has 170 valence electrons. The van der Waals surface area contributed by atoms with E-state index < -0.39 is 5.25 Å². The van der Waals surface area contributed by atoms with Gasteiger partial charge in [0.25, 0.3) is 0 Å². The van der Waals surface area contributed by atoms with Crippen molar-refractivity contribution in [3.63, 3.8) is 0 Å². The number of nitrogens with zero attached hydrogens (tertiary/aromatic N) is 3. The number of benzene rings is 2. The molecule has 2 aromatic heterocycles. The van der Waals surface area contributed by atoms with Crippen LogP contribution in [0.2, 0.25) is 0 Å². The van der Waals surface area contributed by atoms with Crippen molar-refractivity contribution in [3.05, 3.63) is 89.6 Å². The van der Waals surface area contributed by atoms with Gasteiger partial charge in [-0.05, 0) is 56.7 Å². The maximum absolute atomic E-state index is 13.2. The lowest BCUT2D eigenvalue weighted by Gasteiger charge is -2.18. The molecule has 2 aromatic carbocycles. The van der Waals surface area contributed by atoms with Crippen LogP contribution in [-0.2, 0) is 11.3 Å². The first-order valence-corrected chi connectivity index (χ1v) is 11.5. The maximum Gasteiger partial charge on any atom is 0.233 e. The zero-order chi connectivity index (χ0) is 23.4. The van der Waals surface area contributed by atoms with Crippen molar-refractivity contribution in [2.45, 2.75) is 43.8 Å². The highest BCUT2D eigenvalue weighted by molar-refractivity contribution is 8.00. The van der Waals surface area contributed by atoms with Gasteiger partial charge in [0, 0.05) is 5.56 Å². The number of carbonyl (C=O) groups excluding carboxylic acids is 1. The predicted octanol–water partition coefficient (Wildman–Crippen LogP) is 5.39. The quantitative estimate of drug-likeness (QED) is 0.354. The van der Waals surface area contributed by atoms with E-state index in [1.54, 1.807) is 18.4 Å². The molecule has 8 heteroatoms. The number of thioether (sulfide) groups is 1. The lowest BCUT2D eigenvalue weighted by Crippen LogP contribution is -2.33. The van der Waals surface area contributed by atoms with Gasteiger partial charge in [0.2, 0.25) is 5.91 Å². The standard InChI is InChI=1S/C25H25FN4O2S/c1-16-6-4-7-20(14-16)23-28-29-25(30(23)15-22-8-5-13-32-22)33-18(3)24(31)27-17(2)19-9-11-21(26)12-10-19/h4-14,17-18H,15H2,1-3H3,(H,27,31)/t17-,18+/m0/s1. The van der Waals surface area contributed by atoms with Crippen LogP contribution in [0.5, 0.6) is 0 Å². The molecule has 0 spiro atoms. The first-order chi connectivity index (χ1) is 15.9. The summed E-state index contributed by atoms with van der Waals surface area (Å²) in [6.45, 7) is 6.18. The average Bonchev–Trinajstić information content (AvgIpc) is 3.45. The van der Waals surface area contributed by atoms with Crippen molar-refractivity contribution < 1.29 is 13.6 Å². The van der Waals surface area contributed by atoms with Crippen molar-refractivity contribution in [2.75, 3.05) is 0 Å². The van der Waals surface area contributed by atoms with Gasteiger partial charge in [-0.2, -0.15) is 0 Å². The molecule has 0 aliphatic carbocycles. The van der Waals surface area contributed by atoms with Gasteiger partial charge in [0.1, 0.15) is 11.6 Å². The van der Waals surface area contributed by atoms with E-state index in [9.17, 15) is 9.18 Å². The molecule has 0 unspecified atom stereocenters. The second-order valence-corrected chi connectivity index (χ2v) is 9.19. The van der Waals surface area contributed by atoms with Crippen LogP contribution in [0.4, 0.5) is 4.39 Å². The molecule has 2 heterocycles. The number of rotatable bonds is 8. The van der Waals surface area contributed by atoms with Crippen LogP contribution in [0, 0.1) is 12.7 Å². The molecular weight excluding hydrogens is 439 g/mol. The molecular formula is C25H25FN4O2S. The van der Waals surface area contributed by atoms with E-state index in [-0.39, 0.29) is 17.8 Å². The molecule has 0 saturated heterocycles. The summed E-state index contributed by atoms with van der Waals surface area (Å²) in [5.41, 5.74) is 2.91. The Hall–Kier alpha value is -3.39. The second kappa shape index (κ2) is 10.0. The zero-order valence-corrected chi connectivity index (χ0v) is 19.5. The summed E-state index contributed by atoms with van der Waals surface area (Å²) in [7, 11) is 0. The van der Waals surface area contributed by atoms with Crippen LogP contribution < -0.4 is 5.32 Å². The number of aromatic nitrogens is 3. The summed E-state index contributed by atoms with van der Waals surface area (Å²) in [5, 5.41) is 12.0. The van der Waals surface area contributed by atoms with E-state index in [1.807, 2.05) is 55.7 Å². The monoisotopic (exact) mass is 464 g/mol. The van der Waals surface area contributed by atoms with E-state index in [1.165, 1.54) is 23.9 Å². The van der Waals surface area contributed by atoms with E-state index in [0.717, 1.165) is 22.5 Å². The molecule has 0 bridgehead atoms. The topological polar surface area (TPSA) is 73.0 Å². The van der Waals surface area contributed by atoms with Crippen LogP contribution in [-0.4, -0.2) is 25.9 Å². The molecule has 0 aliphatic rings. The highest BCUT2D eigenvalue weighted by atomic mass is 32.2. The van der Waals surface area contributed by atoms with Crippen molar-refractivity contribution in [1.29, 1.82) is 0 Å². The Balaban J connectivity index is 1.54. The van der Waals surface area contributed by atoms with Crippen LogP contribution in [0.1, 0.15) is 36.8 Å². The number of carbonyl (C=O) groups is 1. The SMILES string of the molecule is Cc1cccc(-c2nnc(S[C@H](C)C(=O)N[C@@H](C)c3ccc(F)cc3)n2Cc2ccco2)c1. The molecule has 2 atom stereocenters. The minimum atomic E-state index is -0.419. The molecule has 6 nitrogen and oxygen atoms in total. The average molecular weight is 465 g/mol. The molecule has 1 amide bonds. The Labute approximate surface area is 196 Å². The molecule has 4 rings (SSSR count). The zero-order valence-electron chi connectivity index (χ0n) is 18.7. The molecule has 1 N–H and O–H groups in total. The molecule has 4 aromatic rings. The first kappa shape index (κ1) is 22.8. The van der Waals surface area contributed by atoms with E-state index in [2.05, 4.69) is 21.6 Å². The summed E-state index contributed by atoms with van der Waals surface area (Å²) in [4.78, 5) is 12.9. The number of furan rings is 1. The van der Waals surface area contributed by atoms with Crippen molar-refractivity contribution in [1.82, 2.24) is 20.1 Å². The number of hydrogen-bond acceptors (Lipinski definition) is 5. The number of aryl methyl sites for hydroxylation is 1. The molecule has 33 heavy (non-hydrogen) atoms. The van der Waals surface area contributed by atoms with Gasteiger partial charge in [-0.25, -0.2) is 4.39 Å². The Morgan fingerprint density at radius 3 is 2.61 bits per heavy atom. The van der Waals surface area contributed by atoms with Crippen LogP contribution in [0.25, 0.3) is 11.4 Å². The van der Waals surface area contributed by atoms with Crippen LogP contribution in [0.15, 0.2) is 76.5 Å². The molecule has 0 fully saturated rings. The summed E-state index contributed by atoms with van der Waals surface area (Å²) in [5.74, 6) is 1.04. The van der Waals surface area contributed by atoms with Crippen LogP contribution >= 0.6 is 11.8 Å². The van der Waals surface area contributed by atoms with Crippen molar-refractivity contribution in [3.8, 4) is 11.4 Å². The number of hydrogen-bond donors (Lipinski definition) is 1. The van der Waals surface area contributed by atoms with E-state index in [0.29, 0.717) is 17.5 Å². The predicted molar refractivity (Wildman–Crippen MR) is 126 cm³/mol. The molecule has 0 radical (unpaired) electrons. The fraction of sp³-hybridized carbons (Fsp3) is 0.240. The number of nitrogens with one attached hydrogen (secondary N) is 1. The van der Waals surface area contributed by atoms with E-state index >= 15 is 0 Å². The number of halogens is 1. The minimum Gasteiger partial charge on any atom is -0.467 e. The van der Waals surface area contributed by atoms with Gasteiger partial charge in [-0.1, -0.05) is 47.7 Å². The third-order valence-corrected chi connectivity index (χ3v) is 6.35. The Kier molecular flexibility index (Phi) is 6.93. The van der Waals surface area contributed by atoms with Gasteiger partial charge >= 0.3 is 0 Å². The summed E-state index contributed by atoms with van der Waals surface area (Å²) in [6.07, 6.45) is 1.63.